The second-order valence-electron chi connectivity index (χ2n) is 5.49. The maximum atomic E-state index is 14.3. The molecule has 0 heterocycles. The van der Waals surface area contributed by atoms with Crippen LogP contribution in [-0.4, -0.2) is 0 Å². The van der Waals surface area contributed by atoms with Crippen molar-refractivity contribution in [2.24, 2.45) is 0 Å². The summed E-state index contributed by atoms with van der Waals surface area (Å²) in [5, 5.41) is -3.74. The van der Waals surface area contributed by atoms with E-state index in [-0.39, 0.29) is 36.4 Å². The van der Waals surface area contributed by atoms with Crippen LogP contribution in [0.15, 0.2) is 36.4 Å². The number of hydrogen-bond acceptors (Lipinski definition) is 0. The molecule has 0 nitrogen and oxygen atoms in total. The van der Waals surface area contributed by atoms with Crippen molar-refractivity contribution in [3.8, 4) is 0 Å². The van der Waals surface area contributed by atoms with E-state index in [1.54, 1.807) is 0 Å². The Labute approximate surface area is 153 Å². The molecule has 28 heavy (non-hydrogen) atoms. The molecule has 146 valence electrons. The molecule has 0 fully saturated rings. The van der Waals surface area contributed by atoms with Crippen LogP contribution in [-0.2, 0) is 0 Å². The average molecular weight is 424 g/mol. The second-order valence-corrected chi connectivity index (χ2v) is 7.50. The fourth-order valence-corrected chi connectivity index (χ4v) is 4.92. The number of rotatable bonds is 3. The summed E-state index contributed by atoms with van der Waals surface area (Å²) in [6, 6.07) is 0.872. The Morgan fingerprint density at radius 2 is 0.536 bits per heavy atom. The van der Waals surface area contributed by atoms with E-state index in [0.717, 1.165) is 0 Å². The van der Waals surface area contributed by atoms with Gasteiger partial charge in [0.25, 0.3) is 0 Å². The van der Waals surface area contributed by atoms with Crippen LogP contribution >= 0.6 is 7.92 Å². The first-order chi connectivity index (χ1) is 13.1. The monoisotopic (exact) mass is 424 g/mol. The van der Waals surface area contributed by atoms with Crippen LogP contribution in [0.3, 0.4) is 0 Å². The van der Waals surface area contributed by atoms with Crippen LogP contribution in [0.1, 0.15) is 0 Å². The Morgan fingerprint density at radius 1 is 0.357 bits per heavy atom. The van der Waals surface area contributed by atoms with Gasteiger partial charge in [-0.25, -0.2) is 39.5 Å². The van der Waals surface area contributed by atoms with Crippen molar-refractivity contribution in [2.75, 3.05) is 0 Å². The second kappa shape index (κ2) is 7.47. The minimum atomic E-state index is -3.36. The first kappa shape index (κ1) is 20.2. The lowest BCUT2D eigenvalue weighted by Crippen LogP contribution is -2.32. The van der Waals surface area contributed by atoms with Crippen LogP contribution in [0.4, 0.5) is 39.5 Å². The fourth-order valence-electron chi connectivity index (χ4n) is 2.58. The molecule has 0 aliphatic heterocycles. The molecule has 0 spiro atoms. The van der Waals surface area contributed by atoms with Gasteiger partial charge in [-0.3, -0.25) is 0 Å². The Balaban J connectivity index is 2.45. The highest BCUT2D eigenvalue weighted by atomic mass is 31.1. The van der Waals surface area contributed by atoms with Gasteiger partial charge in [0.1, 0.15) is 52.4 Å². The molecular weight excluding hydrogens is 418 g/mol. The SMILES string of the molecule is Fc1cc(F)c(P(c2c(F)cc(F)cc2F)c2c(F)cc(F)cc2F)c(F)c1. The summed E-state index contributed by atoms with van der Waals surface area (Å²) in [4.78, 5) is 0. The van der Waals surface area contributed by atoms with Crippen molar-refractivity contribution in [3.63, 3.8) is 0 Å². The fraction of sp³-hybridized carbons (Fsp3) is 0. The van der Waals surface area contributed by atoms with E-state index in [4.69, 9.17) is 0 Å². The molecule has 0 radical (unpaired) electrons. The maximum Gasteiger partial charge on any atom is 0.137 e. The lowest BCUT2D eigenvalue weighted by atomic mass is 10.3. The first-order valence-electron chi connectivity index (χ1n) is 7.34. The van der Waals surface area contributed by atoms with E-state index in [0.29, 0.717) is 0 Å². The zero-order valence-corrected chi connectivity index (χ0v) is 14.2. The third-order valence-electron chi connectivity index (χ3n) is 3.62. The Bertz CT molecular complexity index is 875. The average Bonchev–Trinajstić information content (AvgIpc) is 2.51. The molecule has 3 rings (SSSR count). The number of halogens is 9. The van der Waals surface area contributed by atoms with Gasteiger partial charge in [0.2, 0.25) is 0 Å². The molecule has 0 aromatic heterocycles. The third-order valence-corrected chi connectivity index (χ3v) is 6.24. The van der Waals surface area contributed by atoms with E-state index in [1.807, 2.05) is 0 Å². The lowest BCUT2D eigenvalue weighted by Gasteiger charge is -2.22. The first-order valence-corrected chi connectivity index (χ1v) is 8.68. The zero-order valence-electron chi connectivity index (χ0n) is 13.3. The van der Waals surface area contributed by atoms with Gasteiger partial charge in [0, 0.05) is 44.3 Å². The highest BCUT2D eigenvalue weighted by molar-refractivity contribution is 7.79. The topological polar surface area (TPSA) is 0 Å². The van der Waals surface area contributed by atoms with Crippen LogP contribution < -0.4 is 15.9 Å². The standard InChI is InChI=1S/C18H6F9P/c19-7-1-10(22)16(11(23)2-7)28(17-12(24)3-8(20)4-13(17)25)18-14(26)5-9(21)6-15(18)27/h1-6H. The summed E-state index contributed by atoms with van der Waals surface area (Å²) >= 11 is 0. The van der Waals surface area contributed by atoms with Gasteiger partial charge in [0.05, 0.1) is 15.9 Å². The molecule has 0 aliphatic rings. The number of hydrogen-bond donors (Lipinski definition) is 0. The summed E-state index contributed by atoms with van der Waals surface area (Å²) < 4.78 is 126. The van der Waals surface area contributed by atoms with E-state index < -0.39 is 76.2 Å². The Hall–Kier alpha value is -2.54. The molecule has 0 bridgehead atoms. The Kier molecular flexibility index (Phi) is 5.39. The molecule has 0 amide bonds. The van der Waals surface area contributed by atoms with E-state index in [2.05, 4.69) is 0 Å². The van der Waals surface area contributed by atoms with Gasteiger partial charge in [-0.05, 0) is 0 Å². The lowest BCUT2D eigenvalue weighted by molar-refractivity contribution is 0.551. The van der Waals surface area contributed by atoms with Crippen molar-refractivity contribution < 1.29 is 39.5 Å². The molecular formula is C18H6F9P. The largest absolute Gasteiger partial charge is 0.207 e. The van der Waals surface area contributed by atoms with Gasteiger partial charge in [-0.2, -0.15) is 0 Å². The van der Waals surface area contributed by atoms with Crippen molar-refractivity contribution in [3.05, 3.63) is 88.8 Å². The molecule has 0 atom stereocenters. The summed E-state index contributed by atoms with van der Waals surface area (Å²) in [5.74, 6) is -14.3. The van der Waals surface area contributed by atoms with Gasteiger partial charge in [-0.1, -0.05) is 0 Å². The molecule has 0 aliphatic carbocycles. The summed E-state index contributed by atoms with van der Waals surface area (Å²) in [6.07, 6.45) is 0. The van der Waals surface area contributed by atoms with Crippen LogP contribution in [0.5, 0.6) is 0 Å². The molecule has 0 N–H and O–H groups in total. The summed E-state index contributed by atoms with van der Waals surface area (Å²) in [7, 11) is -3.36. The van der Waals surface area contributed by atoms with Crippen molar-refractivity contribution >= 4 is 23.8 Å². The molecule has 0 unspecified atom stereocenters. The van der Waals surface area contributed by atoms with E-state index >= 15 is 0 Å². The number of benzene rings is 3. The third kappa shape index (κ3) is 3.58. The minimum absolute atomic E-state index is 0.145. The normalized spacial score (nSPS) is 11.4. The van der Waals surface area contributed by atoms with Crippen molar-refractivity contribution in [1.29, 1.82) is 0 Å². The van der Waals surface area contributed by atoms with Crippen LogP contribution in [0, 0.1) is 52.4 Å². The zero-order chi connectivity index (χ0) is 20.7. The highest BCUT2D eigenvalue weighted by Gasteiger charge is 2.34. The smallest absolute Gasteiger partial charge is 0.137 e. The van der Waals surface area contributed by atoms with Crippen molar-refractivity contribution in [2.45, 2.75) is 0 Å². The van der Waals surface area contributed by atoms with E-state index in [1.165, 1.54) is 0 Å². The molecule has 3 aromatic rings. The van der Waals surface area contributed by atoms with Gasteiger partial charge < -0.3 is 0 Å². The summed E-state index contributed by atoms with van der Waals surface area (Å²) in [6.45, 7) is 0. The van der Waals surface area contributed by atoms with Gasteiger partial charge >= 0.3 is 0 Å². The minimum Gasteiger partial charge on any atom is -0.207 e. The van der Waals surface area contributed by atoms with Crippen molar-refractivity contribution in [1.82, 2.24) is 0 Å². The predicted octanol–water partition coefficient (Wildman–Crippen LogP) is 4.70. The quantitative estimate of drug-likeness (QED) is 0.423. The Morgan fingerprint density at radius 3 is 0.714 bits per heavy atom. The molecule has 10 heteroatoms. The molecule has 0 saturated carbocycles. The van der Waals surface area contributed by atoms with E-state index in [9.17, 15) is 39.5 Å². The van der Waals surface area contributed by atoms with Gasteiger partial charge in [0.15, 0.2) is 0 Å². The summed E-state index contributed by atoms with van der Waals surface area (Å²) in [5.41, 5.74) is 0. The van der Waals surface area contributed by atoms with Crippen LogP contribution in [0.2, 0.25) is 0 Å². The maximum absolute atomic E-state index is 14.3. The molecule has 0 saturated heterocycles. The van der Waals surface area contributed by atoms with Gasteiger partial charge in [-0.15, -0.1) is 0 Å². The van der Waals surface area contributed by atoms with Crippen LogP contribution in [0.25, 0.3) is 0 Å². The highest BCUT2D eigenvalue weighted by Crippen LogP contribution is 2.39. The molecule has 3 aromatic carbocycles. The predicted molar refractivity (Wildman–Crippen MR) is 84.8 cm³/mol.